The van der Waals surface area contributed by atoms with Gasteiger partial charge < -0.3 is 10.2 Å². The smallest absolute Gasteiger partial charge is 0.341 e. The van der Waals surface area contributed by atoms with Gasteiger partial charge in [0.05, 0.1) is 11.1 Å². The van der Waals surface area contributed by atoms with Crippen molar-refractivity contribution in [3.05, 3.63) is 47.8 Å². The Balaban J connectivity index is 1.64. The molecule has 1 saturated heterocycles. The zero-order valence-electron chi connectivity index (χ0n) is 13.4. The van der Waals surface area contributed by atoms with Crippen LogP contribution < -0.4 is 10.2 Å². The summed E-state index contributed by atoms with van der Waals surface area (Å²) in [6, 6.07) is 4.27. The van der Waals surface area contributed by atoms with Gasteiger partial charge in [0, 0.05) is 31.2 Å². The topological polar surface area (TPSA) is 58.1 Å². The normalized spacial score (nSPS) is 15.1. The van der Waals surface area contributed by atoms with Crippen molar-refractivity contribution in [1.29, 1.82) is 0 Å². The van der Waals surface area contributed by atoms with Crippen molar-refractivity contribution < 1.29 is 18.0 Å². The van der Waals surface area contributed by atoms with Gasteiger partial charge in [-0.3, -0.25) is 4.79 Å². The molecular weight excluding hydrogens is 333 g/mol. The van der Waals surface area contributed by atoms with Crippen LogP contribution in [0.25, 0.3) is 0 Å². The highest BCUT2D eigenvalue weighted by Crippen LogP contribution is 2.29. The molecular formula is C17H17F3N4O. The molecule has 2 heterocycles. The SMILES string of the molecule is O=C(Nc1ccc(C(F)(F)F)cc1)c1cnc(N2CCCCC2)nc1. The molecule has 8 heteroatoms. The lowest BCUT2D eigenvalue weighted by Crippen LogP contribution is -2.31. The van der Waals surface area contributed by atoms with E-state index in [1.807, 2.05) is 0 Å². The number of aromatic nitrogens is 2. The Bertz CT molecular complexity index is 723. The molecule has 0 radical (unpaired) electrons. The molecule has 0 spiro atoms. The predicted molar refractivity (Wildman–Crippen MR) is 87.5 cm³/mol. The number of piperidine rings is 1. The monoisotopic (exact) mass is 350 g/mol. The number of nitrogens with one attached hydrogen (secondary N) is 1. The molecule has 0 saturated carbocycles. The second-order valence-electron chi connectivity index (χ2n) is 5.85. The van der Waals surface area contributed by atoms with E-state index in [1.165, 1.54) is 30.9 Å². The molecule has 132 valence electrons. The summed E-state index contributed by atoms with van der Waals surface area (Å²) in [6.45, 7) is 1.80. The molecule has 5 nitrogen and oxygen atoms in total. The number of hydrogen-bond acceptors (Lipinski definition) is 4. The first-order valence-corrected chi connectivity index (χ1v) is 7.99. The molecule has 1 aliphatic heterocycles. The van der Waals surface area contributed by atoms with Crippen LogP contribution in [0.5, 0.6) is 0 Å². The first kappa shape index (κ1) is 17.2. The van der Waals surface area contributed by atoms with Crippen molar-refractivity contribution in [2.24, 2.45) is 0 Å². The van der Waals surface area contributed by atoms with Crippen LogP contribution in [0.2, 0.25) is 0 Å². The van der Waals surface area contributed by atoms with Gasteiger partial charge >= 0.3 is 6.18 Å². The van der Waals surface area contributed by atoms with Crippen LogP contribution >= 0.6 is 0 Å². The first-order valence-electron chi connectivity index (χ1n) is 7.99. The van der Waals surface area contributed by atoms with Crippen LogP contribution in [0.4, 0.5) is 24.8 Å². The zero-order chi connectivity index (χ0) is 17.9. The molecule has 0 atom stereocenters. The average Bonchev–Trinajstić information content (AvgIpc) is 2.62. The predicted octanol–water partition coefficient (Wildman–Crippen LogP) is 3.74. The van der Waals surface area contributed by atoms with Crippen LogP contribution in [0.3, 0.4) is 0 Å². The minimum Gasteiger partial charge on any atom is -0.341 e. The summed E-state index contributed by atoms with van der Waals surface area (Å²) < 4.78 is 37.6. The minimum atomic E-state index is -4.40. The molecule has 3 rings (SSSR count). The molecule has 0 unspecified atom stereocenters. The summed E-state index contributed by atoms with van der Waals surface area (Å²) in [5, 5.41) is 2.54. The van der Waals surface area contributed by atoms with Crippen LogP contribution in [-0.4, -0.2) is 29.0 Å². The number of halogens is 3. The van der Waals surface area contributed by atoms with Crippen molar-refractivity contribution in [2.45, 2.75) is 25.4 Å². The van der Waals surface area contributed by atoms with Gasteiger partial charge in [-0.1, -0.05) is 0 Å². The minimum absolute atomic E-state index is 0.251. The number of benzene rings is 1. The van der Waals surface area contributed by atoms with Gasteiger partial charge in [-0.15, -0.1) is 0 Å². The number of carbonyl (C=O) groups is 1. The Kier molecular flexibility index (Phi) is 4.87. The largest absolute Gasteiger partial charge is 0.416 e. The maximum absolute atomic E-state index is 12.5. The maximum atomic E-state index is 12.5. The van der Waals surface area contributed by atoms with E-state index in [2.05, 4.69) is 20.2 Å². The first-order chi connectivity index (χ1) is 11.9. The zero-order valence-corrected chi connectivity index (χ0v) is 13.4. The molecule has 0 bridgehead atoms. The quantitative estimate of drug-likeness (QED) is 0.916. The van der Waals surface area contributed by atoms with Gasteiger partial charge in [0.2, 0.25) is 5.95 Å². The Labute approximate surface area is 142 Å². The average molecular weight is 350 g/mol. The molecule has 1 N–H and O–H groups in total. The molecule has 25 heavy (non-hydrogen) atoms. The van der Waals surface area contributed by atoms with Crippen molar-refractivity contribution in [2.75, 3.05) is 23.3 Å². The van der Waals surface area contributed by atoms with Crippen molar-refractivity contribution in [3.63, 3.8) is 0 Å². The van der Waals surface area contributed by atoms with Gasteiger partial charge in [0.15, 0.2) is 0 Å². The molecule has 2 aromatic rings. The highest BCUT2D eigenvalue weighted by Gasteiger charge is 2.30. The van der Waals surface area contributed by atoms with E-state index in [4.69, 9.17) is 0 Å². The fourth-order valence-electron chi connectivity index (χ4n) is 2.64. The van der Waals surface area contributed by atoms with Crippen molar-refractivity contribution in [1.82, 2.24) is 9.97 Å². The van der Waals surface area contributed by atoms with E-state index < -0.39 is 17.6 Å². The third kappa shape index (κ3) is 4.26. The van der Waals surface area contributed by atoms with E-state index in [0.717, 1.165) is 38.1 Å². The third-order valence-corrected chi connectivity index (χ3v) is 4.01. The molecule has 1 aromatic heterocycles. The number of rotatable bonds is 3. The Morgan fingerprint density at radius 3 is 2.16 bits per heavy atom. The number of nitrogens with zero attached hydrogens (tertiary/aromatic N) is 3. The molecule has 1 aromatic carbocycles. The Morgan fingerprint density at radius 1 is 1.00 bits per heavy atom. The van der Waals surface area contributed by atoms with Crippen LogP contribution in [-0.2, 0) is 6.18 Å². The number of hydrogen-bond donors (Lipinski definition) is 1. The summed E-state index contributed by atoms with van der Waals surface area (Å²) in [6.07, 6.45) is 1.84. The standard InChI is InChI=1S/C17H17F3N4O/c18-17(19,20)13-4-6-14(7-5-13)23-15(25)12-10-21-16(22-11-12)24-8-2-1-3-9-24/h4-7,10-11H,1-3,8-9H2,(H,23,25). The number of anilines is 2. The van der Waals surface area contributed by atoms with Crippen LogP contribution in [0.15, 0.2) is 36.7 Å². The van der Waals surface area contributed by atoms with Gasteiger partial charge in [0.1, 0.15) is 0 Å². The Hall–Kier alpha value is -2.64. The summed E-state index contributed by atoms with van der Waals surface area (Å²) in [7, 11) is 0. The van der Waals surface area contributed by atoms with Crippen molar-refractivity contribution in [3.8, 4) is 0 Å². The summed E-state index contributed by atoms with van der Waals surface area (Å²) in [5.74, 6) is 0.121. The maximum Gasteiger partial charge on any atom is 0.416 e. The highest BCUT2D eigenvalue weighted by atomic mass is 19.4. The van der Waals surface area contributed by atoms with Gasteiger partial charge in [-0.05, 0) is 43.5 Å². The van der Waals surface area contributed by atoms with Gasteiger partial charge in [0.25, 0.3) is 5.91 Å². The Morgan fingerprint density at radius 2 is 1.60 bits per heavy atom. The highest BCUT2D eigenvalue weighted by molar-refractivity contribution is 6.03. The van der Waals surface area contributed by atoms with E-state index in [1.54, 1.807) is 0 Å². The van der Waals surface area contributed by atoms with E-state index in [-0.39, 0.29) is 11.3 Å². The lowest BCUT2D eigenvalue weighted by Gasteiger charge is -2.26. The number of alkyl halides is 3. The van der Waals surface area contributed by atoms with Crippen LogP contribution in [0.1, 0.15) is 35.2 Å². The molecule has 0 aliphatic carbocycles. The second-order valence-corrected chi connectivity index (χ2v) is 5.85. The second kappa shape index (κ2) is 7.08. The summed E-state index contributed by atoms with van der Waals surface area (Å²) >= 11 is 0. The molecule has 1 amide bonds. The summed E-state index contributed by atoms with van der Waals surface area (Å²) in [5.41, 5.74) is -0.238. The third-order valence-electron chi connectivity index (χ3n) is 4.01. The number of amides is 1. The lowest BCUT2D eigenvalue weighted by atomic mass is 10.1. The fourth-order valence-corrected chi connectivity index (χ4v) is 2.64. The summed E-state index contributed by atoms with van der Waals surface area (Å²) in [4.78, 5) is 22.7. The van der Waals surface area contributed by atoms with E-state index in [0.29, 0.717) is 5.95 Å². The van der Waals surface area contributed by atoms with Gasteiger partial charge in [-0.25, -0.2) is 9.97 Å². The van der Waals surface area contributed by atoms with E-state index in [9.17, 15) is 18.0 Å². The van der Waals surface area contributed by atoms with Crippen LogP contribution in [0, 0.1) is 0 Å². The van der Waals surface area contributed by atoms with Crippen molar-refractivity contribution >= 4 is 17.5 Å². The van der Waals surface area contributed by atoms with Gasteiger partial charge in [-0.2, -0.15) is 13.2 Å². The van der Waals surface area contributed by atoms with E-state index >= 15 is 0 Å². The fraction of sp³-hybridized carbons (Fsp3) is 0.353. The molecule has 1 aliphatic rings. The number of carbonyl (C=O) groups excluding carboxylic acids is 1. The molecule has 1 fully saturated rings. The lowest BCUT2D eigenvalue weighted by molar-refractivity contribution is -0.137.